The van der Waals surface area contributed by atoms with Gasteiger partial charge in [-0.25, -0.2) is 0 Å². The van der Waals surface area contributed by atoms with Crippen molar-refractivity contribution in [1.29, 1.82) is 0 Å². The molecular weight excluding hydrogens is 272 g/mol. The van der Waals surface area contributed by atoms with E-state index in [1.165, 1.54) is 10.4 Å². The molecule has 1 aromatic carbocycles. The van der Waals surface area contributed by atoms with E-state index in [0.717, 1.165) is 38.0 Å². The normalized spacial score (nSPS) is 15.0. The first-order chi connectivity index (χ1) is 9.72. The molecule has 5 heteroatoms. The lowest BCUT2D eigenvalue weighted by molar-refractivity contribution is -0.384. The van der Waals surface area contributed by atoms with Gasteiger partial charge >= 0.3 is 0 Å². The minimum Gasteiger partial charge on any atom is -0.298 e. The van der Waals surface area contributed by atoms with Crippen LogP contribution in [-0.2, 0) is 19.4 Å². The molecule has 0 radical (unpaired) electrons. The lowest BCUT2D eigenvalue weighted by Crippen LogP contribution is -2.31. The highest BCUT2D eigenvalue weighted by atomic mass is 32.1. The molecule has 1 aliphatic heterocycles. The zero-order valence-corrected chi connectivity index (χ0v) is 11.9. The van der Waals surface area contributed by atoms with Crippen LogP contribution in [0, 0.1) is 10.1 Å². The van der Waals surface area contributed by atoms with Crippen LogP contribution in [0.1, 0.15) is 16.0 Å². The Morgan fingerprint density at radius 1 is 1.25 bits per heavy atom. The van der Waals surface area contributed by atoms with E-state index in [1.54, 1.807) is 12.1 Å². The van der Waals surface area contributed by atoms with Crippen molar-refractivity contribution < 1.29 is 4.92 Å². The van der Waals surface area contributed by atoms with Gasteiger partial charge in [0.1, 0.15) is 0 Å². The van der Waals surface area contributed by atoms with Crippen molar-refractivity contribution in [2.45, 2.75) is 19.4 Å². The van der Waals surface area contributed by atoms with Crippen LogP contribution in [0.3, 0.4) is 0 Å². The van der Waals surface area contributed by atoms with Crippen molar-refractivity contribution in [3.8, 4) is 0 Å². The molecule has 0 spiro atoms. The molecule has 0 bridgehead atoms. The predicted octanol–water partition coefficient (Wildman–Crippen LogP) is 3.26. The highest BCUT2D eigenvalue weighted by Crippen LogP contribution is 2.24. The molecule has 0 amide bonds. The summed E-state index contributed by atoms with van der Waals surface area (Å²) in [5, 5.41) is 12.8. The summed E-state index contributed by atoms with van der Waals surface area (Å²) in [4.78, 5) is 14.2. The first kappa shape index (κ1) is 13.3. The van der Waals surface area contributed by atoms with Crippen LogP contribution in [0.5, 0.6) is 0 Å². The van der Waals surface area contributed by atoms with Crippen molar-refractivity contribution >= 4 is 17.0 Å². The van der Waals surface area contributed by atoms with Crippen LogP contribution < -0.4 is 0 Å². The predicted molar refractivity (Wildman–Crippen MR) is 80.1 cm³/mol. The third-order valence-electron chi connectivity index (χ3n) is 3.75. The third-order valence-corrected chi connectivity index (χ3v) is 4.77. The van der Waals surface area contributed by atoms with E-state index >= 15 is 0 Å². The summed E-state index contributed by atoms with van der Waals surface area (Å²) in [5.41, 5.74) is 2.78. The Morgan fingerprint density at radius 2 is 2.05 bits per heavy atom. The van der Waals surface area contributed by atoms with Gasteiger partial charge in [-0.1, -0.05) is 12.1 Å². The molecule has 4 nitrogen and oxygen atoms in total. The number of non-ortho nitro benzene ring substituents is 1. The van der Waals surface area contributed by atoms with Crippen molar-refractivity contribution in [2.75, 3.05) is 13.1 Å². The summed E-state index contributed by atoms with van der Waals surface area (Å²) in [5.74, 6) is 0. The topological polar surface area (TPSA) is 46.4 Å². The average molecular weight is 288 g/mol. The van der Waals surface area contributed by atoms with Gasteiger partial charge in [-0.15, -0.1) is 11.3 Å². The summed E-state index contributed by atoms with van der Waals surface area (Å²) in [6.45, 7) is 3.15. The highest BCUT2D eigenvalue weighted by molar-refractivity contribution is 7.10. The SMILES string of the molecule is O=[N+]([O-])c1ccc(CCN2CCc3sccc3C2)cc1. The van der Waals surface area contributed by atoms with E-state index in [1.807, 2.05) is 23.5 Å². The molecule has 1 aliphatic rings. The second kappa shape index (κ2) is 5.73. The summed E-state index contributed by atoms with van der Waals surface area (Å²) in [7, 11) is 0. The lowest BCUT2D eigenvalue weighted by Gasteiger charge is -2.26. The molecule has 0 saturated carbocycles. The van der Waals surface area contributed by atoms with Crippen LogP contribution in [0.2, 0.25) is 0 Å². The number of hydrogen-bond donors (Lipinski definition) is 0. The van der Waals surface area contributed by atoms with Crippen LogP contribution in [0.15, 0.2) is 35.7 Å². The maximum atomic E-state index is 10.6. The Morgan fingerprint density at radius 3 is 2.80 bits per heavy atom. The van der Waals surface area contributed by atoms with E-state index in [4.69, 9.17) is 0 Å². The lowest BCUT2D eigenvalue weighted by atomic mass is 10.1. The van der Waals surface area contributed by atoms with Gasteiger partial charge in [0.2, 0.25) is 0 Å². The number of benzene rings is 1. The van der Waals surface area contributed by atoms with Crippen molar-refractivity contribution in [2.24, 2.45) is 0 Å². The second-order valence-corrected chi connectivity index (χ2v) is 6.07. The Hall–Kier alpha value is -1.72. The van der Waals surface area contributed by atoms with Gasteiger partial charge in [0.15, 0.2) is 0 Å². The van der Waals surface area contributed by atoms with Gasteiger partial charge in [0.05, 0.1) is 4.92 Å². The van der Waals surface area contributed by atoms with Crippen molar-refractivity contribution in [1.82, 2.24) is 4.90 Å². The third kappa shape index (κ3) is 2.89. The summed E-state index contributed by atoms with van der Waals surface area (Å²) in [6, 6.07) is 9.11. The van der Waals surface area contributed by atoms with Crippen molar-refractivity contribution in [3.05, 3.63) is 61.8 Å². The summed E-state index contributed by atoms with van der Waals surface area (Å²) >= 11 is 1.86. The zero-order chi connectivity index (χ0) is 13.9. The van der Waals surface area contributed by atoms with Gasteiger partial charge in [-0.3, -0.25) is 15.0 Å². The molecule has 0 atom stereocenters. The minimum atomic E-state index is -0.355. The highest BCUT2D eigenvalue weighted by Gasteiger charge is 2.16. The first-order valence-electron chi connectivity index (χ1n) is 6.73. The fourth-order valence-corrected chi connectivity index (χ4v) is 3.46. The minimum absolute atomic E-state index is 0.162. The molecule has 20 heavy (non-hydrogen) atoms. The van der Waals surface area contributed by atoms with Crippen LogP contribution >= 0.6 is 11.3 Å². The van der Waals surface area contributed by atoms with Gasteiger partial charge < -0.3 is 0 Å². The number of rotatable bonds is 4. The molecule has 2 heterocycles. The van der Waals surface area contributed by atoms with E-state index in [0.29, 0.717) is 0 Å². The Balaban J connectivity index is 1.56. The van der Waals surface area contributed by atoms with E-state index in [2.05, 4.69) is 16.3 Å². The average Bonchev–Trinajstić information content (AvgIpc) is 2.93. The maximum absolute atomic E-state index is 10.6. The molecule has 0 saturated heterocycles. The summed E-state index contributed by atoms with van der Waals surface area (Å²) in [6.07, 6.45) is 2.09. The first-order valence-corrected chi connectivity index (χ1v) is 7.61. The van der Waals surface area contributed by atoms with Gasteiger partial charge in [0.25, 0.3) is 5.69 Å². The maximum Gasteiger partial charge on any atom is 0.269 e. The van der Waals surface area contributed by atoms with E-state index in [-0.39, 0.29) is 10.6 Å². The standard InChI is InChI=1S/C15H16N2O2S/c18-17(19)14-3-1-12(2-4-14)5-8-16-9-6-15-13(11-16)7-10-20-15/h1-4,7,10H,5-6,8-9,11H2. The molecule has 0 N–H and O–H groups in total. The number of hydrogen-bond acceptors (Lipinski definition) is 4. The Labute approximate surface area is 121 Å². The number of nitro benzene ring substituents is 1. The summed E-state index contributed by atoms with van der Waals surface area (Å²) < 4.78 is 0. The second-order valence-electron chi connectivity index (χ2n) is 5.07. The molecule has 2 aromatic rings. The smallest absolute Gasteiger partial charge is 0.269 e. The van der Waals surface area contributed by atoms with Gasteiger partial charge in [-0.2, -0.15) is 0 Å². The quantitative estimate of drug-likeness (QED) is 0.641. The number of thiophene rings is 1. The van der Waals surface area contributed by atoms with Gasteiger partial charge in [-0.05, 0) is 35.4 Å². The molecule has 104 valence electrons. The number of fused-ring (bicyclic) bond motifs is 1. The monoisotopic (exact) mass is 288 g/mol. The van der Waals surface area contributed by atoms with E-state index < -0.39 is 0 Å². The Kier molecular flexibility index (Phi) is 3.80. The zero-order valence-electron chi connectivity index (χ0n) is 11.1. The molecule has 0 unspecified atom stereocenters. The van der Waals surface area contributed by atoms with Crippen LogP contribution in [0.25, 0.3) is 0 Å². The van der Waals surface area contributed by atoms with Crippen LogP contribution in [0.4, 0.5) is 5.69 Å². The molecule has 0 aliphatic carbocycles. The van der Waals surface area contributed by atoms with Crippen LogP contribution in [-0.4, -0.2) is 22.9 Å². The Bertz CT molecular complexity index is 607. The molecule has 3 rings (SSSR count). The fraction of sp³-hybridized carbons (Fsp3) is 0.333. The number of nitrogens with zero attached hydrogens (tertiary/aromatic N) is 2. The largest absolute Gasteiger partial charge is 0.298 e. The molecule has 1 aromatic heterocycles. The van der Waals surface area contributed by atoms with Gasteiger partial charge in [0, 0.05) is 36.6 Å². The number of nitro groups is 1. The molecule has 0 fully saturated rings. The fourth-order valence-electron chi connectivity index (χ4n) is 2.57. The van der Waals surface area contributed by atoms with E-state index in [9.17, 15) is 10.1 Å². The molecular formula is C15H16N2O2S. The van der Waals surface area contributed by atoms with Crippen molar-refractivity contribution in [3.63, 3.8) is 0 Å².